The van der Waals surface area contributed by atoms with Crippen molar-refractivity contribution in [2.24, 2.45) is 5.73 Å². The summed E-state index contributed by atoms with van der Waals surface area (Å²) < 4.78 is 6.35. The topological polar surface area (TPSA) is 128 Å². The van der Waals surface area contributed by atoms with Gasteiger partial charge in [-0.25, -0.2) is 9.69 Å². The van der Waals surface area contributed by atoms with Gasteiger partial charge >= 0.3 is 6.09 Å². The number of carbonyl (C=O) groups excluding carboxylic acids is 3. The minimum atomic E-state index is -0.942. The van der Waals surface area contributed by atoms with Crippen LogP contribution in [0.4, 0.5) is 16.2 Å². The SMILES string of the molecule is Nc1ccccc1NC(=O)c1cc2ccc(CN(C(=O)OCc3ccccc3)C(=O)C(N)Cc3ccccc3)cc2s1. The fourth-order valence-electron chi connectivity index (χ4n) is 4.45. The molecule has 5 N–H and O–H groups in total. The molecule has 1 atom stereocenters. The molecule has 212 valence electrons. The van der Waals surface area contributed by atoms with Crippen molar-refractivity contribution in [1.29, 1.82) is 0 Å². The summed E-state index contributed by atoms with van der Waals surface area (Å²) >= 11 is 1.31. The van der Waals surface area contributed by atoms with Crippen LogP contribution in [0.2, 0.25) is 0 Å². The molecule has 5 rings (SSSR count). The molecule has 0 saturated heterocycles. The van der Waals surface area contributed by atoms with Crippen molar-refractivity contribution in [2.75, 3.05) is 11.1 Å². The second kappa shape index (κ2) is 13.1. The summed E-state index contributed by atoms with van der Waals surface area (Å²) in [4.78, 5) is 41.2. The van der Waals surface area contributed by atoms with Crippen LogP contribution in [0.15, 0.2) is 109 Å². The zero-order valence-corrected chi connectivity index (χ0v) is 23.6. The van der Waals surface area contributed by atoms with Gasteiger partial charge in [0.1, 0.15) is 6.61 Å². The number of nitrogens with one attached hydrogen (secondary N) is 1. The Hall–Kier alpha value is -4.99. The predicted octanol–water partition coefficient (Wildman–Crippen LogP) is 5.97. The molecule has 1 heterocycles. The highest BCUT2D eigenvalue weighted by atomic mass is 32.1. The van der Waals surface area contributed by atoms with Crippen LogP contribution in [-0.2, 0) is 29.1 Å². The highest BCUT2D eigenvalue weighted by Crippen LogP contribution is 2.29. The Kier molecular flexibility index (Phi) is 8.91. The Balaban J connectivity index is 1.35. The maximum absolute atomic E-state index is 13.5. The van der Waals surface area contributed by atoms with Gasteiger partial charge in [0.05, 0.1) is 28.8 Å². The van der Waals surface area contributed by atoms with Gasteiger partial charge < -0.3 is 21.5 Å². The second-order valence-electron chi connectivity index (χ2n) is 9.78. The zero-order valence-electron chi connectivity index (χ0n) is 22.7. The molecule has 1 unspecified atom stereocenters. The minimum Gasteiger partial charge on any atom is -0.444 e. The molecule has 0 aliphatic heterocycles. The molecule has 0 radical (unpaired) electrons. The molecule has 3 amide bonds. The molecule has 0 spiro atoms. The standard InChI is InChI=1S/C33H30N4O4S/c34-26-13-7-8-14-28(26)36-31(38)30-19-25-16-15-24(18-29(25)42-30)20-37(33(40)41-21-23-11-5-2-6-12-23)32(39)27(35)17-22-9-3-1-4-10-22/h1-16,18-19,27H,17,20-21,34-35H2,(H,36,38). The summed E-state index contributed by atoms with van der Waals surface area (Å²) in [6.45, 7) is -0.0173. The van der Waals surface area contributed by atoms with Gasteiger partial charge in [-0.05, 0) is 52.8 Å². The summed E-state index contributed by atoms with van der Waals surface area (Å²) in [6, 6.07) is 32.1. The maximum atomic E-state index is 13.5. The van der Waals surface area contributed by atoms with E-state index in [0.717, 1.165) is 26.1 Å². The first-order chi connectivity index (χ1) is 20.4. The Labute approximate surface area is 247 Å². The first-order valence-corrected chi connectivity index (χ1v) is 14.2. The monoisotopic (exact) mass is 578 g/mol. The van der Waals surface area contributed by atoms with Gasteiger partial charge in [0, 0.05) is 4.70 Å². The van der Waals surface area contributed by atoms with Crippen LogP contribution in [-0.4, -0.2) is 28.8 Å². The molecular weight excluding hydrogens is 548 g/mol. The highest BCUT2D eigenvalue weighted by Gasteiger charge is 2.28. The Morgan fingerprint density at radius 3 is 2.19 bits per heavy atom. The number of benzene rings is 4. The lowest BCUT2D eigenvalue weighted by molar-refractivity contribution is -0.131. The van der Waals surface area contributed by atoms with E-state index < -0.39 is 18.0 Å². The number of carbonyl (C=O) groups is 3. The van der Waals surface area contributed by atoms with E-state index in [2.05, 4.69) is 5.32 Å². The third-order valence-corrected chi connectivity index (χ3v) is 7.76. The number of hydrogen-bond acceptors (Lipinski definition) is 7. The number of rotatable bonds is 9. The number of thiophene rings is 1. The number of para-hydroxylation sites is 2. The molecule has 1 aromatic heterocycles. The molecular formula is C33H30N4O4S. The summed E-state index contributed by atoms with van der Waals surface area (Å²) in [5.74, 6) is -0.812. The van der Waals surface area contributed by atoms with E-state index in [0.29, 0.717) is 21.8 Å². The number of fused-ring (bicyclic) bond motifs is 1. The third-order valence-electron chi connectivity index (χ3n) is 6.67. The highest BCUT2D eigenvalue weighted by molar-refractivity contribution is 7.20. The lowest BCUT2D eigenvalue weighted by Gasteiger charge is -2.24. The first-order valence-electron chi connectivity index (χ1n) is 13.4. The van der Waals surface area contributed by atoms with E-state index in [1.165, 1.54) is 11.3 Å². The molecule has 0 aliphatic rings. The number of ether oxygens (including phenoxy) is 1. The second-order valence-corrected chi connectivity index (χ2v) is 10.9. The number of imide groups is 1. The van der Waals surface area contributed by atoms with Crippen LogP contribution in [0.3, 0.4) is 0 Å². The van der Waals surface area contributed by atoms with E-state index in [9.17, 15) is 14.4 Å². The largest absolute Gasteiger partial charge is 0.444 e. The first kappa shape index (κ1) is 28.5. The average Bonchev–Trinajstić information content (AvgIpc) is 3.44. The number of amides is 3. The number of nitrogens with zero attached hydrogens (tertiary/aromatic N) is 1. The molecule has 5 aromatic rings. The van der Waals surface area contributed by atoms with Crippen molar-refractivity contribution in [2.45, 2.75) is 25.6 Å². The Morgan fingerprint density at radius 1 is 0.810 bits per heavy atom. The third kappa shape index (κ3) is 7.01. The van der Waals surface area contributed by atoms with Crippen LogP contribution in [0.25, 0.3) is 10.1 Å². The molecule has 9 heteroatoms. The molecule has 0 saturated carbocycles. The van der Waals surface area contributed by atoms with E-state index >= 15 is 0 Å². The van der Waals surface area contributed by atoms with Crippen molar-refractivity contribution in [3.63, 3.8) is 0 Å². The summed E-state index contributed by atoms with van der Waals surface area (Å²) in [7, 11) is 0. The number of nitrogen functional groups attached to an aromatic ring is 1. The van der Waals surface area contributed by atoms with Crippen LogP contribution < -0.4 is 16.8 Å². The average molecular weight is 579 g/mol. The number of hydrogen-bond donors (Lipinski definition) is 3. The lowest BCUT2D eigenvalue weighted by Crippen LogP contribution is -2.47. The van der Waals surface area contributed by atoms with Crippen molar-refractivity contribution in [1.82, 2.24) is 4.90 Å². The maximum Gasteiger partial charge on any atom is 0.417 e. The molecule has 0 aliphatic carbocycles. The van der Waals surface area contributed by atoms with E-state index in [1.54, 1.807) is 30.3 Å². The fourth-order valence-corrected chi connectivity index (χ4v) is 5.47. The van der Waals surface area contributed by atoms with Gasteiger partial charge in [-0.1, -0.05) is 84.9 Å². The number of anilines is 2. The minimum absolute atomic E-state index is 0.0196. The van der Waals surface area contributed by atoms with Gasteiger partial charge in [0.15, 0.2) is 0 Å². The molecule has 0 bridgehead atoms. The van der Waals surface area contributed by atoms with Crippen LogP contribution >= 0.6 is 11.3 Å². The normalized spacial score (nSPS) is 11.5. The van der Waals surface area contributed by atoms with Gasteiger partial charge in [-0.2, -0.15) is 0 Å². The Morgan fingerprint density at radius 2 is 1.48 bits per heavy atom. The van der Waals surface area contributed by atoms with E-state index in [4.69, 9.17) is 16.2 Å². The van der Waals surface area contributed by atoms with Crippen molar-refractivity contribution in [3.8, 4) is 0 Å². The summed E-state index contributed by atoms with van der Waals surface area (Å²) in [6.07, 6.45) is -0.504. The van der Waals surface area contributed by atoms with Gasteiger partial charge in [-0.15, -0.1) is 11.3 Å². The van der Waals surface area contributed by atoms with Crippen LogP contribution in [0.5, 0.6) is 0 Å². The molecule has 0 fully saturated rings. The van der Waals surface area contributed by atoms with Crippen LogP contribution in [0.1, 0.15) is 26.4 Å². The van der Waals surface area contributed by atoms with Crippen molar-refractivity contribution in [3.05, 3.63) is 131 Å². The van der Waals surface area contributed by atoms with Crippen molar-refractivity contribution < 1.29 is 19.1 Å². The quantitative estimate of drug-likeness (QED) is 0.185. The van der Waals surface area contributed by atoms with Crippen molar-refractivity contribution >= 4 is 50.7 Å². The van der Waals surface area contributed by atoms with Gasteiger partial charge in [0.25, 0.3) is 5.91 Å². The van der Waals surface area contributed by atoms with E-state index in [1.807, 2.05) is 78.9 Å². The zero-order chi connectivity index (χ0) is 29.5. The predicted molar refractivity (Wildman–Crippen MR) is 166 cm³/mol. The summed E-state index contributed by atoms with van der Waals surface area (Å²) in [5, 5.41) is 3.70. The molecule has 8 nitrogen and oxygen atoms in total. The molecule has 42 heavy (non-hydrogen) atoms. The lowest BCUT2D eigenvalue weighted by atomic mass is 10.1. The smallest absolute Gasteiger partial charge is 0.417 e. The van der Waals surface area contributed by atoms with Gasteiger partial charge in [-0.3, -0.25) is 9.59 Å². The van der Waals surface area contributed by atoms with Crippen LogP contribution in [0, 0.1) is 0 Å². The molecule has 4 aromatic carbocycles. The summed E-state index contributed by atoms with van der Waals surface area (Å²) in [5.41, 5.74) is 15.7. The Bertz CT molecular complexity index is 1710. The van der Waals surface area contributed by atoms with E-state index in [-0.39, 0.29) is 25.5 Å². The number of nitrogens with two attached hydrogens (primary N) is 2. The van der Waals surface area contributed by atoms with Gasteiger partial charge in [0.2, 0.25) is 5.91 Å². The fraction of sp³-hybridized carbons (Fsp3) is 0.121.